The van der Waals surface area contributed by atoms with Crippen molar-refractivity contribution in [2.75, 3.05) is 19.3 Å². The predicted octanol–water partition coefficient (Wildman–Crippen LogP) is 2.17. The second kappa shape index (κ2) is 10.8. The van der Waals surface area contributed by atoms with E-state index in [1.54, 1.807) is 4.90 Å². The summed E-state index contributed by atoms with van der Waals surface area (Å²) in [6.07, 6.45) is 3.09. The van der Waals surface area contributed by atoms with Crippen molar-refractivity contribution in [2.24, 2.45) is 0 Å². The Kier molecular flexibility index (Phi) is 8.42. The second-order valence-corrected chi connectivity index (χ2v) is 7.24. The molecule has 0 aliphatic heterocycles. The van der Waals surface area contributed by atoms with Crippen molar-refractivity contribution in [3.8, 4) is 0 Å². The van der Waals surface area contributed by atoms with Gasteiger partial charge in [0.25, 0.3) is 5.22 Å². The van der Waals surface area contributed by atoms with Crippen molar-refractivity contribution in [1.82, 2.24) is 25.3 Å². The number of rotatable bonds is 12. The number of aliphatic carboxylic acids is 1. The smallest absolute Gasteiger partial charge is 0.303 e. The summed E-state index contributed by atoms with van der Waals surface area (Å²) in [5.41, 5.74) is 0. The first-order valence-corrected chi connectivity index (χ1v) is 10.3. The fraction of sp³-hybridized carbons (Fsp3) is 0.647. The molecule has 0 radical (unpaired) electrons. The Morgan fingerprint density at radius 2 is 1.68 bits per heavy atom. The van der Waals surface area contributed by atoms with Gasteiger partial charge in [0.1, 0.15) is 0 Å². The maximum atomic E-state index is 12.5. The zero-order valence-corrected chi connectivity index (χ0v) is 17.1. The van der Waals surface area contributed by atoms with Gasteiger partial charge in [-0.05, 0) is 12.7 Å². The van der Waals surface area contributed by atoms with Crippen molar-refractivity contribution < 1.29 is 23.5 Å². The number of carbonyl (C=O) groups is 2. The lowest BCUT2D eigenvalue weighted by Crippen LogP contribution is -2.34. The maximum absolute atomic E-state index is 12.5. The lowest BCUT2D eigenvalue weighted by molar-refractivity contribution is -0.137. The molecule has 11 heteroatoms. The van der Waals surface area contributed by atoms with E-state index in [-0.39, 0.29) is 24.7 Å². The third-order valence-corrected chi connectivity index (χ3v) is 4.44. The summed E-state index contributed by atoms with van der Waals surface area (Å²) >= 11 is 1.35. The summed E-state index contributed by atoms with van der Waals surface area (Å²) in [5.74, 6) is 0.571. The van der Waals surface area contributed by atoms with Crippen LogP contribution < -0.4 is 0 Å². The minimum atomic E-state index is -0.915. The Balaban J connectivity index is 1.95. The maximum Gasteiger partial charge on any atom is 0.303 e. The molecule has 2 aromatic heterocycles. The van der Waals surface area contributed by atoms with Crippen LogP contribution in [0.1, 0.15) is 56.7 Å². The topological polar surface area (TPSA) is 135 Å². The fourth-order valence-electron chi connectivity index (χ4n) is 2.39. The van der Waals surface area contributed by atoms with Crippen molar-refractivity contribution in [3.63, 3.8) is 0 Å². The average molecular weight is 411 g/mol. The van der Waals surface area contributed by atoms with Gasteiger partial charge in [-0.3, -0.25) is 9.59 Å². The summed E-state index contributed by atoms with van der Waals surface area (Å²) in [6, 6.07) is 0. The highest BCUT2D eigenvalue weighted by Crippen LogP contribution is 2.14. The molecule has 0 fully saturated rings. The zero-order valence-electron chi connectivity index (χ0n) is 16.3. The van der Waals surface area contributed by atoms with Crippen molar-refractivity contribution in [3.05, 3.63) is 17.7 Å². The van der Waals surface area contributed by atoms with Gasteiger partial charge in [-0.15, -0.1) is 20.4 Å². The van der Waals surface area contributed by atoms with E-state index in [1.807, 2.05) is 20.1 Å². The van der Waals surface area contributed by atoms with E-state index in [0.29, 0.717) is 55.2 Å². The highest BCUT2D eigenvalue weighted by molar-refractivity contribution is 7.98. The second-order valence-electron chi connectivity index (χ2n) is 6.48. The van der Waals surface area contributed by atoms with E-state index in [4.69, 9.17) is 13.9 Å². The van der Waals surface area contributed by atoms with Crippen LogP contribution in [0.25, 0.3) is 0 Å². The minimum absolute atomic E-state index is 0.0399. The van der Waals surface area contributed by atoms with Crippen LogP contribution in [0, 0.1) is 0 Å². The van der Waals surface area contributed by atoms with Crippen LogP contribution in [0.5, 0.6) is 0 Å². The van der Waals surface area contributed by atoms with E-state index < -0.39 is 5.97 Å². The Morgan fingerprint density at radius 1 is 1.04 bits per heavy atom. The SMILES string of the molecule is CSc1nnc(CCN(CCc2nnc(C(C)C)o2)C(=O)CCCC(=O)O)o1. The number of thioether (sulfide) groups is 1. The predicted molar refractivity (Wildman–Crippen MR) is 99.9 cm³/mol. The van der Waals surface area contributed by atoms with Crippen LogP contribution in [-0.2, 0) is 22.4 Å². The molecule has 10 nitrogen and oxygen atoms in total. The summed E-state index contributed by atoms with van der Waals surface area (Å²) in [7, 11) is 0. The molecule has 0 saturated heterocycles. The molecule has 0 aromatic carbocycles. The molecule has 0 unspecified atom stereocenters. The van der Waals surface area contributed by atoms with E-state index in [1.165, 1.54) is 11.8 Å². The molecular weight excluding hydrogens is 386 g/mol. The van der Waals surface area contributed by atoms with Crippen LogP contribution in [0.15, 0.2) is 14.1 Å². The van der Waals surface area contributed by atoms with Crippen LogP contribution in [0.2, 0.25) is 0 Å². The summed E-state index contributed by atoms with van der Waals surface area (Å²) in [4.78, 5) is 24.9. The number of carboxylic acid groups (broad SMARTS) is 1. The van der Waals surface area contributed by atoms with Gasteiger partial charge in [0, 0.05) is 44.7 Å². The molecule has 0 aliphatic rings. The molecule has 0 bridgehead atoms. The van der Waals surface area contributed by atoms with Crippen LogP contribution >= 0.6 is 11.8 Å². The van der Waals surface area contributed by atoms with Gasteiger partial charge in [0.2, 0.25) is 23.6 Å². The van der Waals surface area contributed by atoms with Crippen LogP contribution in [-0.4, -0.2) is 61.6 Å². The molecule has 2 rings (SSSR count). The first-order chi connectivity index (χ1) is 13.4. The number of carbonyl (C=O) groups excluding carboxylic acids is 1. The largest absolute Gasteiger partial charge is 0.481 e. The third-order valence-electron chi connectivity index (χ3n) is 3.92. The highest BCUT2D eigenvalue weighted by atomic mass is 32.2. The molecule has 2 heterocycles. The average Bonchev–Trinajstić information content (AvgIpc) is 3.30. The van der Waals surface area contributed by atoms with Crippen molar-refractivity contribution in [1.29, 1.82) is 0 Å². The zero-order chi connectivity index (χ0) is 20.5. The standard InChI is InChI=1S/C17H25N5O5S/c1-11(2)16-20-18-12(26-16)7-9-22(14(23)5-4-6-15(24)25)10-8-13-19-21-17(27-13)28-3/h11H,4-10H2,1-3H3,(H,24,25). The van der Waals surface area contributed by atoms with Gasteiger partial charge in [0.05, 0.1) is 0 Å². The molecular formula is C17H25N5O5S. The lowest BCUT2D eigenvalue weighted by atomic mass is 10.2. The van der Waals surface area contributed by atoms with Crippen molar-refractivity contribution >= 4 is 23.6 Å². The summed E-state index contributed by atoms with van der Waals surface area (Å²) in [5, 5.41) is 25.1. The molecule has 28 heavy (non-hydrogen) atoms. The number of hydrogen-bond acceptors (Lipinski definition) is 9. The number of hydrogen-bond donors (Lipinski definition) is 1. The quantitative estimate of drug-likeness (QED) is 0.517. The number of carboxylic acids is 1. The first kappa shape index (κ1) is 21.9. The molecule has 2 aromatic rings. The summed E-state index contributed by atoms with van der Waals surface area (Å²) in [6.45, 7) is 4.69. The van der Waals surface area contributed by atoms with Gasteiger partial charge in [-0.2, -0.15) is 0 Å². The molecule has 1 N–H and O–H groups in total. The van der Waals surface area contributed by atoms with Gasteiger partial charge in [-0.1, -0.05) is 25.6 Å². The fourth-order valence-corrected chi connectivity index (χ4v) is 2.70. The molecule has 0 saturated carbocycles. The molecule has 0 aliphatic carbocycles. The van der Waals surface area contributed by atoms with Crippen LogP contribution in [0.3, 0.4) is 0 Å². The van der Waals surface area contributed by atoms with Gasteiger partial charge >= 0.3 is 5.97 Å². The number of nitrogens with zero attached hydrogens (tertiary/aromatic N) is 5. The van der Waals surface area contributed by atoms with E-state index >= 15 is 0 Å². The molecule has 154 valence electrons. The Labute approximate surface area is 167 Å². The first-order valence-electron chi connectivity index (χ1n) is 9.07. The van der Waals surface area contributed by atoms with Gasteiger partial charge in [-0.25, -0.2) is 0 Å². The number of aromatic nitrogens is 4. The highest BCUT2D eigenvalue weighted by Gasteiger charge is 2.18. The molecule has 1 amide bonds. The van der Waals surface area contributed by atoms with Crippen LogP contribution in [0.4, 0.5) is 0 Å². The summed E-state index contributed by atoms with van der Waals surface area (Å²) < 4.78 is 11.0. The van der Waals surface area contributed by atoms with E-state index in [2.05, 4.69) is 20.4 Å². The normalized spacial score (nSPS) is 11.1. The van der Waals surface area contributed by atoms with E-state index in [0.717, 1.165) is 0 Å². The number of amides is 1. The third kappa shape index (κ3) is 6.95. The van der Waals surface area contributed by atoms with E-state index in [9.17, 15) is 9.59 Å². The Bertz CT molecular complexity index is 776. The Morgan fingerprint density at radius 3 is 2.21 bits per heavy atom. The van der Waals surface area contributed by atoms with Gasteiger partial charge < -0.3 is 18.8 Å². The molecule has 0 spiro atoms. The monoisotopic (exact) mass is 411 g/mol. The van der Waals surface area contributed by atoms with Gasteiger partial charge in [0.15, 0.2) is 0 Å². The lowest BCUT2D eigenvalue weighted by Gasteiger charge is -2.21. The molecule has 0 atom stereocenters. The minimum Gasteiger partial charge on any atom is -0.481 e. The van der Waals surface area contributed by atoms with Crippen molar-refractivity contribution in [2.45, 2.75) is 57.1 Å². The Hall–Kier alpha value is -2.43.